The summed E-state index contributed by atoms with van der Waals surface area (Å²) in [5.41, 5.74) is -1.44. The second kappa shape index (κ2) is 11.0. The Kier molecular flexibility index (Phi) is 8.94. The maximum atomic E-state index is 14.3. The van der Waals surface area contributed by atoms with Crippen LogP contribution in [0, 0.1) is 0 Å². The molecule has 5 heteroatoms. The van der Waals surface area contributed by atoms with E-state index >= 15 is 0 Å². The number of amides is 1. The van der Waals surface area contributed by atoms with Crippen LogP contribution in [0.4, 0.5) is 0 Å². The number of piperidine rings is 1. The molecule has 2 aliphatic heterocycles. The average molecular weight is 465 g/mol. The Bertz CT molecular complexity index is 615. The van der Waals surface area contributed by atoms with E-state index in [0.717, 1.165) is 51.5 Å². The molecule has 1 saturated carbocycles. The van der Waals surface area contributed by atoms with Crippen LogP contribution in [-0.4, -0.2) is 52.5 Å². The van der Waals surface area contributed by atoms with Gasteiger partial charge in [0.1, 0.15) is 5.72 Å². The lowest BCUT2D eigenvalue weighted by Gasteiger charge is -2.50. The van der Waals surface area contributed by atoms with Gasteiger partial charge >= 0.3 is 0 Å². The van der Waals surface area contributed by atoms with Gasteiger partial charge in [0.25, 0.3) is 5.91 Å². The molecule has 0 bridgehead atoms. The fourth-order valence-electron chi connectivity index (χ4n) is 7.00. The van der Waals surface area contributed by atoms with E-state index in [4.69, 9.17) is 9.47 Å². The van der Waals surface area contributed by atoms with Crippen molar-refractivity contribution in [3.8, 4) is 0 Å². The molecule has 192 valence electrons. The Labute approximate surface area is 203 Å². The fraction of sp³-hybridized carbons (Fsp3) is 0.964. The van der Waals surface area contributed by atoms with Gasteiger partial charge in [0.05, 0.1) is 6.10 Å². The zero-order chi connectivity index (χ0) is 24.2. The van der Waals surface area contributed by atoms with Crippen LogP contribution in [0.15, 0.2) is 0 Å². The summed E-state index contributed by atoms with van der Waals surface area (Å²) in [6, 6.07) is 0. The van der Waals surface area contributed by atoms with E-state index in [1.807, 2.05) is 0 Å². The minimum atomic E-state index is -0.714. The first-order chi connectivity index (χ1) is 15.5. The molecular weight excluding hydrogens is 412 g/mol. The van der Waals surface area contributed by atoms with Gasteiger partial charge in [-0.05, 0) is 73.6 Å². The van der Waals surface area contributed by atoms with Gasteiger partial charge in [0.15, 0.2) is 5.60 Å². The highest BCUT2D eigenvalue weighted by Gasteiger charge is 2.64. The van der Waals surface area contributed by atoms with Crippen molar-refractivity contribution < 1.29 is 14.3 Å². The normalized spacial score (nSPS) is 27.6. The van der Waals surface area contributed by atoms with E-state index in [1.165, 1.54) is 44.9 Å². The summed E-state index contributed by atoms with van der Waals surface area (Å²) in [6.45, 7) is 14.5. The second-order valence-corrected chi connectivity index (χ2v) is 12.7. The Hall–Kier alpha value is -0.650. The predicted molar refractivity (Wildman–Crippen MR) is 135 cm³/mol. The first-order valence-electron chi connectivity index (χ1n) is 13.9. The molecule has 3 aliphatic rings. The molecule has 2 saturated heterocycles. The van der Waals surface area contributed by atoms with Crippen molar-refractivity contribution in [1.29, 1.82) is 0 Å². The number of nitrogens with zero attached hydrogens (tertiary/aromatic N) is 1. The summed E-state index contributed by atoms with van der Waals surface area (Å²) in [6.07, 6.45) is 16.0. The summed E-state index contributed by atoms with van der Waals surface area (Å²) >= 11 is 0. The molecule has 0 aromatic carbocycles. The van der Waals surface area contributed by atoms with Crippen molar-refractivity contribution >= 4 is 5.91 Å². The number of hydrogen-bond donors (Lipinski definition) is 1. The van der Waals surface area contributed by atoms with Crippen molar-refractivity contribution in [3.63, 3.8) is 0 Å². The Balaban J connectivity index is 1.88. The van der Waals surface area contributed by atoms with Crippen molar-refractivity contribution in [2.45, 2.75) is 160 Å². The van der Waals surface area contributed by atoms with Crippen molar-refractivity contribution in [3.05, 3.63) is 0 Å². The van der Waals surface area contributed by atoms with Gasteiger partial charge in [-0.25, -0.2) is 0 Å². The first-order valence-corrected chi connectivity index (χ1v) is 13.9. The van der Waals surface area contributed by atoms with Gasteiger partial charge in [-0.15, -0.1) is 0 Å². The quantitative estimate of drug-likeness (QED) is 0.482. The molecule has 2 heterocycles. The summed E-state index contributed by atoms with van der Waals surface area (Å²) < 4.78 is 13.0. The molecule has 1 amide bonds. The van der Waals surface area contributed by atoms with E-state index in [9.17, 15) is 4.79 Å². The molecule has 0 unspecified atom stereocenters. The van der Waals surface area contributed by atoms with Gasteiger partial charge in [0.2, 0.25) is 0 Å². The third kappa shape index (κ3) is 6.95. The standard InChI is InChI=1S/C28H52N2O3/c1-23(2)32-20-16-19-30-24(31)27(21-25(3,4)29-26(5,6)22-27)33-28(30)17-14-12-10-8-7-9-11-13-15-18-28/h23,29H,7-22H2,1-6H3. The smallest absolute Gasteiger partial charge is 0.257 e. The number of nitrogens with one attached hydrogen (secondary N) is 1. The molecule has 0 radical (unpaired) electrons. The number of ether oxygens (including phenoxy) is 2. The van der Waals surface area contributed by atoms with E-state index in [1.54, 1.807) is 0 Å². The number of hydrogen-bond acceptors (Lipinski definition) is 4. The summed E-state index contributed by atoms with van der Waals surface area (Å²) in [4.78, 5) is 16.4. The molecular formula is C28H52N2O3. The van der Waals surface area contributed by atoms with Gasteiger partial charge in [-0.3, -0.25) is 4.79 Å². The van der Waals surface area contributed by atoms with Crippen LogP contribution in [0.5, 0.6) is 0 Å². The van der Waals surface area contributed by atoms with Gasteiger partial charge < -0.3 is 19.7 Å². The lowest BCUT2D eigenvalue weighted by atomic mass is 9.72. The van der Waals surface area contributed by atoms with E-state index < -0.39 is 11.3 Å². The minimum absolute atomic E-state index is 0.138. The number of carbonyl (C=O) groups excluding carboxylic acids is 1. The van der Waals surface area contributed by atoms with Crippen LogP contribution in [0.1, 0.15) is 131 Å². The molecule has 0 aromatic rings. The highest BCUT2D eigenvalue weighted by molar-refractivity contribution is 5.88. The molecule has 3 fully saturated rings. The summed E-state index contributed by atoms with van der Waals surface area (Å²) in [5, 5.41) is 3.76. The van der Waals surface area contributed by atoms with Crippen LogP contribution in [0.25, 0.3) is 0 Å². The first kappa shape index (κ1) is 26.9. The molecule has 1 N–H and O–H groups in total. The minimum Gasteiger partial charge on any atom is -0.379 e. The molecule has 2 spiro atoms. The monoisotopic (exact) mass is 464 g/mol. The van der Waals surface area contributed by atoms with Crippen LogP contribution in [0.2, 0.25) is 0 Å². The van der Waals surface area contributed by atoms with Crippen molar-refractivity contribution in [2.24, 2.45) is 0 Å². The van der Waals surface area contributed by atoms with E-state index in [-0.39, 0.29) is 23.1 Å². The topological polar surface area (TPSA) is 50.8 Å². The summed E-state index contributed by atoms with van der Waals surface area (Å²) in [5.74, 6) is 0.238. The third-order valence-electron chi connectivity index (χ3n) is 7.76. The zero-order valence-electron chi connectivity index (χ0n) is 22.6. The van der Waals surface area contributed by atoms with Crippen LogP contribution in [-0.2, 0) is 14.3 Å². The van der Waals surface area contributed by atoms with Gasteiger partial charge in [0, 0.05) is 37.1 Å². The number of carbonyl (C=O) groups is 1. The van der Waals surface area contributed by atoms with Crippen LogP contribution >= 0.6 is 0 Å². The molecule has 33 heavy (non-hydrogen) atoms. The fourth-order valence-corrected chi connectivity index (χ4v) is 7.00. The predicted octanol–water partition coefficient (Wildman–Crippen LogP) is 6.34. The molecule has 5 nitrogen and oxygen atoms in total. The Morgan fingerprint density at radius 2 is 1.36 bits per heavy atom. The van der Waals surface area contributed by atoms with Crippen LogP contribution < -0.4 is 5.32 Å². The van der Waals surface area contributed by atoms with E-state index in [0.29, 0.717) is 6.61 Å². The highest BCUT2D eigenvalue weighted by atomic mass is 16.6. The maximum absolute atomic E-state index is 14.3. The van der Waals surface area contributed by atoms with E-state index in [2.05, 4.69) is 51.8 Å². The average Bonchev–Trinajstić information content (AvgIpc) is 2.87. The second-order valence-electron chi connectivity index (χ2n) is 12.7. The molecule has 0 atom stereocenters. The molecule has 0 aromatic heterocycles. The lowest BCUT2D eigenvalue weighted by molar-refractivity contribution is -0.177. The molecule has 3 rings (SSSR count). The zero-order valence-corrected chi connectivity index (χ0v) is 22.6. The Morgan fingerprint density at radius 1 is 0.879 bits per heavy atom. The van der Waals surface area contributed by atoms with Crippen molar-refractivity contribution in [2.75, 3.05) is 13.2 Å². The van der Waals surface area contributed by atoms with Gasteiger partial charge in [-0.2, -0.15) is 0 Å². The summed E-state index contributed by atoms with van der Waals surface area (Å²) in [7, 11) is 0. The lowest BCUT2D eigenvalue weighted by Crippen LogP contribution is -2.65. The third-order valence-corrected chi connectivity index (χ3v) is 7.76. The van der Waals surface area contributed by atoms with Crippen LogP contribution in [0.3, 0.4) is 0 Å². The molecule has 1 aliphatic carbocycles. The Morgan fingerprint density at radius 3 is 1.85 bits per heavy atom. The maximum Gasteiger partial charge on any atom is 0.257 e. The highest BCUT2D eigenvalue weighted by Crippen LogP contribution is 2.50. The largest absolute Gasteiger partial charge is 0.379 e. The SMILES string of the molecule is CC(C)OCCCN1C(=O)C2(CC(C)(C)NC(C)(C)C2)OC12CCCCCCCCCCC2. The number of rotatable bonds is 5. The van der Waals surface area contributed by atoms with Crippen molar-refractivity contribution in [1.82, 2.24) is 10.2 Å². The van der Waals surface area contributed by atoms with Gasteiger partial charge in [-0.1, -0.05) is 44.9 Å².